The first kappa shape index (κ1) is 15.1. The van der Waals surface area contributed by atoms with Crippen LogP contribution in [0, 0.1) is 12.8 Å². The number of anilines is 1. The molecule has 0 radical (unpaired) electrons. The van der Waals surface area contributed by atoms with E-state index < -0.39 is 12.1 Å². The lowest BCUT2D eigenvalue weighted by Gasteiger charge is -2.36. The predicted octanol–water partition coefficient (Wildman–Crippen LogP) is 2.89. The Bertz CT molecular complexity index is 459. The number of nitrogens with zero attached hydrogens (tertiary/aromatic N) is 2. The minimum atomic E-state index is -4.11. The minimum absolute atomic E-state index is 0.0453. The summed E-state index contributed by atoms with van der Waals surface area (Å²) in [6.45, 7) is 3.18. The Hall–Kier alpha value is -1.30. The molecule has 0 amide bonds. The highest BCUT2D eigenvalue weighted by Gasteiger charge is 2.42. The second-order valence-corrected chi connectivity index (χ2v) is 5.31. The molecule has 112 valence electrons. The summed E-state index contributed by atoms with van der Waals surface area (Å²) in [5.74, 6) is -1.23. The zero-order valence-electron chi connectivity index (χ0n) is 11.8. The Labute approximate surface area is 117 Å². The van der Waals surface area contributed by atoms with Crippen molar-refractivity contribution < 1.29 is 13.2 Å². The lowest BCUT2D eigenvalue weighted by Crippen LogP contribution is -2.42. The average molecular weight is 287 g/mol. The second kappa shape index (κ2) is 5.99. The van der Waals surface area contributed by atoms with Gasteiger partial charge in [0.1, 0.15) is 0 Å². The van der Waals surface area contributed by atoms with Crippen molar-refractivity contribution in [1.82, 2.24) is 10.3 Å². The van der Waals surface area contributed by atoms with Crippen LogP contribution in [-0.4, -0.2) is 31.3 Å². The van der Waals surface area contributed by atoms with Gasteiger partial charge in [0.05, 0.1) is 5.92 Å². The number of aromatic nitrogens is 1. The number of piperidine rings is 1. The van der Waals surface area contributed by atoms with Crippen LogP contribution in [0.4, 0.5) is 18.9 Å². The molecule has 20 heavy (non-hydrogen) atoms. The molecule has 0 spiro atoms. The largest absolute Gasteiger partial charge is 0.393 e. The van der Waals surface area contributed by atoms with Crippen molar-refractivity contribution in [2.24, 2.45) is 5.92 Å². The molecule has 1 aliphatic rings. The quantitative estimate of drug-likeness (QED) is 0.926. The first-order valence-electron chi connectivity index (χ1n) is 6.83. The number of nitrogens with one attached hydrogen (secondary N) is 1. The molecule has 0 aromatic carbocycles. The van der Waals surface area contributed by atoms with Gasteiger partial charge in [0.25, 0.3) is 0 Å². The molecule has 6 heteroatoms. The van der Waals surface area contributed by atoms with Crippen molar-refractivity contribution in [2.75, 3.05) is 25.0 Å². The number of rotatable bonds is 3. The van der Waals surface area contributed by atoms with Gasteiger partial charge in [-0.2, -0.15) is 13.2 Å². The molecule has 1 saturated heterocycles. The van der Waals surface area contributed by atoms with Crippen LogP contribution in [0.1, 0.15) is 24.1 Å². The highest BCUT2D eigenvalue weighted by molar-refractivity contribution is 5.54. The number of hydrogen-bond acceptors (Lipinski definition) is 3. The van der Waals surface area contributed by atoms with Gasteiger partial charge in [0.15, 0.2) is 0 Å². The van der Waals surface area contributed by atoms with Gasteiger partial charge >= 0.3 is 6.18 Å². The van der Waals surface area contributed by atoms with E-state index in [1.54, 1.807) is 6.20 Å². The van der Waals surface area contributed by atoms with E-state index in [0.29, 0.717) is 19.5 Å². The second-order valence-electron chi connectivity index (χ2n) is 5.31. The summed E-state index contributed by atoms with van der Waals surface area (Å²) in [6, 6.07) is 1.88. The van der Waals surface area contributed by atoms with Gasteiger partial charge < -0.3 is 10.2 Å². The topological polar surface area (TPSA) is 28.2 Å². The number of alkyl halides is 3. The SMILES string of the molecule is CNCc1cnc(C)cc1N1CCCC(C(F)(F)F)C1. The summed E-state index contributed by atoms with van der Waals surface area (Å²) in [7, 11) is 1.82. The molecule has 1 unspecified atom stereocenters. The van der Waals surface area contributed by atoms with Crippen molar-refractivity contribution in [3.8, 4) is 0 Å². The van der Waals surface area contributed by atoms with Gasteiger partial charge in [0, 0.05) is 42.8 Å². The first-order chi connectivity index (χ1) is 9.41. The van der Waals surface area contributed by atoms with Crippen LogP contribution in [0.15, 0.2) is 12.3 Å². The van der Waals surface area contributed by atoms with Crippen LogP contribution in [0.5, 0.6) is 0 Å². The molecule has 0 bridgehead atoms. The molecular weight excluding hydrogens is 267 g/mol. The van der Waals surface area contributed by atoms with E-state index in [0.717, 1.165) is 16.9 Å². The van der Waals surface area contributed by atoms with Crippen molar-refractivity contribution in [3.63, 3.8) is 0 Å². The maximum atomic E-state index is 12.9. The van der Waals surface area contributed by atoms with Crippen LogP contribution in [-0.2, 0) is 6.54 Å². The monoisotopic (exact) mass is 287 g/mol. The fraction of sp³-hybridized carbons (Fsp3) is 0.643. The molecule has 1 aromatic rings. The van der Waals surface area contributed by atoms with Gasteiger partial charge in [0.2, 0.25) is 0 Å². The normalized spacial score (nSPS) is 20.2. The molecular formula is C14H20F3N3. The van der Waals surface area contributed by atoms with E-state index in [1.165, 1.54) is 0 Å². The lowest BCUT2D eigenvalue weighted by atomic mass is 9.96. The van der Waals surface area contributed by atoms with Gasteiger partial charge in [-0.15, -0.1) is 0 Å². The Kier molecular flexibility index (Phi) is 4.52. The summed E-state index contributed by atoms with van der Waals surface area (Å²) >= 11 is 0. The fourth-order valence-corrected chi connectivity index (χ4v) is 2.66. The molecule has 1 aromatic heterocycles. The molecule has 1 atom stereocenters. The van der Waals surface area contributed by atoms with Crippen LogP contribution in [0.3, 0.4) is 0 Å². The maximum Gasteiger partial charge on any atom is 0.393 e. The number of pyridine rings is 1. The highest BCUT2D eigenvalue weighted by Crippen LogP contribution is 2.35. The van der Waals surface area contributed by atoms with Crippen LogP contribution < -0.4 is 10.2 Å². The predicted molar refractivity (Wildman–Crippen MR) is 72.7 cm³/mol. The van der Waals surface area contributed by atoms with Crippen LogP contribution in [0.25, 0.3) is 0 Å². The first-order valence-corrected chi connectivity index (χ1v) is 6.83. The molecule has 2 rings (SSSR count). The summed E-state index contributed by atoms with van der Waals surface area (Å²) in [5, 5.41) is 3.04. The van der Waals surface area contributed by atoms with Crippen molar-refractivity contribution in [1.29, 1.82) is 0 Å². The zero-order valence-corrected chi connectivity index (χ0v) is 11.8. The molecule has 0 aliphatic carbocycles. The third-order valence-corrected chi connectivity index (χ3v) is 3.69. The summed E-state index contributed by atoms with van der Waals surface area (Å²) in [5.41, 5.74) is 2.65. The van der Waals surface area contributed by atoms with E-state index in [1.807, 2.05) is 24.9 Å². The molecule has 3 nitrogen and oxygen atoms in total. The van der Waals surface area contributed by atoms with E-state index in [-0.39, 0.29) is 13.0 Å². The van der Waals surface area contributed by atoms with Gasteiger partial charge in [-0.1, -0.05) is 0 Å². The summed E-state index contributed by atoms with van der Waals surface area (Å²) < 4.78 is 38.7. The molecule has 1 N–H and O–H groups in total. The van der Waals surface area contributed by atoms with Gasteiger partial charge in [-0.25, -0.2) is 0 Å². The minimum Gasteiger partial charge on any atom is -0.371 e. The van der Waals surface area contributed by atoms with E-state index >= 15 is 0 Å². The lowest BCUT2D eigenvalue weighted by molar-refractivity contribution is -0.176. The number of halogens is 3. The molecule has 2 heterocycles. The Morgan fingerprint density at radius 1 is 1.45 bits per heavy atom. The summed E-state index contributed by atoms with van der Waals surface area (Å²) in [4.78, 5) is 6.08. The van der Waals surface area contributed by atoms with E-state index in [4.69, 9.17) is 0 Å². The Balaban J connectivity index is 2.24. The maximum absolute atomic E-state index is 12.9. The van der Waals surface area contributed by atoms with Gasteiger partial charge in [-0.3, -0.25) is 4.98 Å². The molecule has 1 fully saturated rings. The van der Waals surface area contributed by atoms with Gasteiger partial charge in [-0.05, 0) is 32.9 Å². The van der Waals surface area contributed by atoms with E-state index in [2.05, 4.69) is 10.3 Å². The van der Waals surface area contributed by atoms with Crippen LogP contribution >= 0.6 is 0 Å². The average Bonchev–Trinajstić information content (AvgIpc) is 2.40. The summed E-state index contributed by atoms with van der Waals surface area (Å²) in [6.07, 6.45) is -1.56. The van der Waals surface area contributed by atoms with Crippen molar-refractivity contribution >= 4 is 5.69 Å². The van der Waals surface area contributed by atoms with Crippen LogP contribution in [0.2, 0.25) is 0 Å². The highest BCUT2D eigenvalue weighted by atomic mass is 19.4. The zero-order chi connectivity index (χ0) is 14.8. The third kappa shape index (κ3) is 3.42. The van der Waals surface area contributed by atoms with E-state index in [9.17, 15) is 13.2 Å². The Morgan fingerprint density at radius 2 is 2.20 bits per heavy atom. The Morgan fingerprint density at radius 3 is 2.85 bits per heavy atom. The molecule has 1 aliphatic heterocycles. The number of hydrogen-bond donors (Lipinski definition) is 1. The van der Waals surface area contributed by atoms with Crippen molar-refractivity contribution in [2.45, 2.75) is 32.5 Å². The smallest absolute Gasteiger partial charge is 0.371 e. The standard InChI is InChI=1S/C14H20F3N3/c1-10-6-13(11(7-18-2)8-19-10)20-5-3-4-12(9-20)14(15,16)17/h6,8,12,18H,3-5,7,9H2,1-2H3. The van der Waals surface area contributed by atoms with Crippen molar-refractivity contribution in [3.05, 3.63) is 23.5 Å². The fourth-order valence-electron chi connectivity index (χ4n) is 2.66. The number of aryl methyl sites for hydroxylation is 1. The third-order valence-electron chi connectivity index (χ3n) is 3.69. The molecule has 0 saturated carbocycles.